The summed E-state index contributed by atoms with van der Waals surface area (Å²) >= 11 is 0. The molecule has 0 aromatic heterocycles. The first-order chi connectivity index (χ1) is 8.63. The lowest BCUT2D eigenvalue weighted by molar-refractivity contribution is 0.0935. The molecule has 0 saturated heterocycles. The average Bonchev–Trinajstić information content (AvgIpc) is 2.39. The predicted octanol–water partition coefficient (Wildman–Crippen LogP) is 3.51. The number of carbonyl (C=O) groups is 1. The van der Waals surface area contributed by atoms with Crippen LogP contribution >= 0.6 is 0 Å². The van der Waals surface area contributed by atoms with E-state index in [1.54, 1.807) is 18.2 Å². The maximum atomic E-state index is 12.2. The molecule has 1 N–H and O–H groups in total. The second-order valence-corrected chi connectivity index (χ2v) is 4.45. The van der Waals surface area contributed by atoms with Crippen molar-refractivity contribution in [3.63, 3.8) is 0 Å². The van der Waals surface area contributed by atoms with E-state index >= 15 is 0 Å². The first-order valence-electron chi connectivity index (χ1n) is 6.13. The molecule has 1 atom stereocenters. The summed E-state index contributed by atoms with van der Waals surface area (Å²) in [6, 6.07) is 10.8. The highest BCUT2D eigenvalue weighted by Gasteiger charge is 2.16. The van der Waals surface area contributed by atoms with Crippen molar-refractivity contribution in [3.8, 4) is 5.75 Å². The van der Waals surface area contributed by atoms with Crippen LogP contribution in [0.4, 0.5) is 0 Å². The molecule has 0 fully saturated rings. The molecule has 1 unspecified atom stereocenters. The van der Waals surface area contributed by atoms with Crippen LogP contribution in [0.1, 0.15) is 30.6 Å². The Kier molecular flexibility index (Phi) is 3.51. The molecule has 2 aromatic rings. The van der Waals surface area contributed by atoms with Gasteiger partial charge in [-0.15, -0.1) is 0 Å². The number of nitrogens with one attached hydrogen (secondary N) is 1. The highest BCUT2D eigenvalue weighted by molar-refractivity contribution is 6.03. The Labute approximate surface area is 106 Å². The summed E-state index contributed by atoms with van der Waals surface area (Å²) in [6.07, 6.45) is 0.841. The highest BCUT2D eigenvalue weighted by atomic mass is 16.3. The zero-order valence-electron chi connectivity index (χ0n) is 10.6. The van der Waals surface area contributed by atoms with E-state index < -0.39 is 0 Å². The first kappa shape index (κ1) is 12.4. The van der Waals surface area contributed by atoms with Gasteiger partial charge in [0.1, 0.15) is 0 Å². The fourth-order valence-electron chi connectivity index (χ4n) is 1.83. The van der Waals surface area contributed by atoms with E-state index in [0.717, 1.165) is 11.8 Å². The molecule has 0 aliphatic rings. The lowest BCUT2D eigenvalue weighted by atomic mass is 10.0. The lowest BCUT2D eigenvalue weighted by Gasteiger charge is -2.12. The summed E-state index contributed by atoms with van der Waals surface area (Å²) in [5, 5.41) is 16.4. The van der Waals surface area contributed by atoms with Crippen LogP contribution in [0.25, 0.3) is 10.8 Å². The molecule has 18 heavy (non-hydrogen) atoms. The Morgan fingerprint density at radius 3 is 2.67 bits per heavy atom. The minimum Gasteiger partial charge on any atom is -0.349 e. The number of fused-ring (bicyclic) bond motifs is 1. The normalized spacial score (nSPS) is 12.3. The third-order valence-corrected chi connectivity index (χ3v) is 3.11. The molecule has 1 radical (unpaired) electrons. The fourth-order valence-corrected chi connectivity index (χ4v) is 1.83. The number of hydrogen-bond acceptors (Lipinski definition) is 1. The molecule has 0 aliphatic carbocycles. The molecule has 1 amide bonds. The number of amides is 1. The summed E-state index contributed by atoms with van der Waals surface area (Å²) in [4.78, 5) is 12.0. The average molecular weight is 242 g/mol. The van der Waals surface area contributed by atoms with Gasteiger partial charge in [0, 0.05) is 11.4 Å². The van der Waals surface area contributed by atoms with Crippen LogP contribution in [0.3, 0.4) is 0 Å². The van der Waals surface area contributed by atoms with E-state index in [2.05, 4.69) is 5.32 Å². The number of benzene rings is 2. The third-order valence-electron chi connectivity index (χ3n) is 3.11. The van der Waals surface area contributed by atoms with Crippen molar-refractivity contribution in [1.29, 1.82) is 0 Å². The first-order valence-corrected chi connectivity index (χ1v) is 6.13. The number of rotatable bonds is 3. The van der Waals surface area contributed by atoms with Crippen molar-refractivity contribution in [2.75, 3.05) is 0 Å². The highest BCUT2D eigenvalue weighted by Crippen LogP contribution is 2.29. The van der Waals surface area contributed by atoms with Gasteiger partial charge in [0.15, 0.2) is 5.75 Å². The summed E-state index contributed by atoms with van der Waals surface area (Å²) < 4.78 is 0. The topological polar surface area (TPSA) is 49.0 Å². The summed E-state index contributed by atoms with van der Waals surface area (Å²) in [7, 11) is 0. The van der Waals surface area contributed by atoms with Crippen molar-refractivity contribution in [1.82, 2.24) is 5.32 Å². The SMILES string of the molecule is CCC(C)NC(=O)c1ccc2ccccc2c1[O]. The summed E-state index contributed by atoms with van der Waals surface area (Å²) in [5.74, 6) is -0.492. The zero-order chi connectivity index (χ0) is 13.1. The van der Waals surface area contributed by atoms with Gasteiger partial charge in [-0.1, -0.05) is 37.3 Å². The van der Waals surface area contributed by atoms with Crippen molar-refractivity contribution in [2.24, 2.45) is 0 Å². The van der Waals surface area contributed by atoms with Gasteiger partial charge in [0.2, 0.25) is 0 Å². The number of hydrogen-bond donors (Lipinski definition) is 1. The maximum Gasteiger partial charge on any atom is 0.255 e. The second kappa shape index (κ2) is 5.08. The molecule has 0 spiro atoms. The molecule has 0 bridgehead atoms. The van der Waals surface area contributed by atoms with Gasteiger partial charge in [0.05, 0.1) is 5.56 Å². The van der Waals surface area contributed by atoms with Crippen molar-refractivity contribution in [2.45, 2.75) is 26.3 Å². The van der Waals surface area contributed by atoms with Gasteiger partial charge in [-0.3, -0.25) is 9.90 Å². The van der Waals surface area contributed by atoms with Crippen molar-refractivity contribution in [3.05, 3.63) is 42.0 Å². The molecular formula is C15H16NO2. The summed E-state index contributed by atoms with van der Waals surface area (Å²) in [6.45, 7) is 3.91. The van der Waals surface area contributed by atoms with Crippen LogP contribution in [0.2, 0.25) is 0 Å². The van der Waals surface area contributed by atoms with E-state index in [4.69, 9.17) is 0 Å². The summed E-state index contributed by atoms with van der Waals surface area (Å²) in [5.41, 5.74) is 0.217. The Bertz CT molecular complexity index is 578. The largest absolute Gasteiger partial charge is 0.349 e. The van der Waals surface area contributed by atoms with E-state index in [1.807, 2.05) is 32.0 Å². The molecule has 0 aliphatic heterocycles. The molecule has 3 heteroatoms. The van der Waals surface area contributed by atoms with Crippen molar-refractivity contribution < 1.29 is 9.90 Å². The minimum atomic E-state index is -0.292. The standard InChI is InChI=1S/C15H16NO2/c1-3-10(2)16-15(18)13-9-8-11-6-4-5-7-12(11)14(13)17/h4-10H,3H2,1-2H3,(H,16,18). The second-order valence-electron chi connectivity index (χ2n) is 4.45. The van der Waals surface area contributed by atoms with E-state index in [1.165, 1.54) is 0 Å². The Balaban J connectivity index is 2.40. The van der Waals surface area contributed by atoms with E-state index in [-0.39, 0.29) is 23.3 Å². The van der Waals surface area contributed by atoms with Crippen LogP contribution in [0, 0.1) is 0 Å². The molecule has 2 aromatic carbocycles. The van der Waals surface area contributed by atoms with Crippen LogP contribution in [0.5, 0.6) is 5.75 Å². The van der Waals surface area contributed by atoms with Crippen molar-refractivity contribution >= 4 is 16.7 Å². The zero-order valence-corrected chi connectivity index (χ0v) is 10.6. The quantitative estimate of drug-likeness (QED) is 0.879. The Morgan fingerprint density at radius 1 is 1.22 bits per heavy atom. The van der Waals surface area contributed by atoms with Crippen LogP contribution in [0.15, 0.2) is 36.4 Å². The van der Waals surface area contributed by atoms with E-state index in [0.29, 0.717) is 5.39 Å². The molecule has 0 saturated carbocycles. The molecule has 3 nitrogen and oxygen atoms in total. The van der Waals surface area contributed by atoms with Gasteiger partial charge in [-0.2, -0.15) is 0 Å². The van der Waals surface area contributed by atoms with Gasteiger partial charge < -0.3 is 5.32 Å². The smallest absolute Gasteiger partial charge is 0.255 e. The maximum absolute atomic E-state index is 12.2. The monoisotopic (exact) mass is 242 g/mol. The minimum absolute atomic E-state index is 0.0726. The van der Waals surface area contributed by atoms with E-state index in [9.17, 15) is 9.90 Å². The molecule has 2 rings (SSSR count). The van der Waals surface area contributed by atoms with Crippen LogP contribution in [-0.2, 0) is 5.11 Å². The van der Waals surface area contributed by atoms with Gasteiger partial charge in [0.25, 0.3) is 5.91 Å². The lowest BCUT2D eigenvalue weighted by Crippen LogP contribution is -2.31. The molecular weight excluding hydrogens is 226 g/mol. The molecule has 0 heterocycles. The molecule has 93 valence electrons. The Hall–Kier alpha value is -2.03. The van der Waals surface area contributed by atoms with Gasteiger partial charge >= 0.3 is 0 Å². The van der Waals surface area contributed by atoms with Gasteiger partial charge in [-0.25, -0.2) is 0 Å². The number of carbonyl (C=O) groups excluding carboxylic acids is 1. The predicted molar refractivity (Wildman–Crippen MR) is 71.3 cm³/mol. The Morgan fingerprint density at radius 2 is 1.94 bits per heavy atom. The third kappa shape index (κ3) is 2.30. The van der Waals surface area contributed by atoms with Gasteiger partial charge in [-0.05, 0) is 24.8 Å². The van der Waals surface area contributed by atoms with Crippen LogP contribution < -0.4 is 5.32 Å². The van der Waals surface area contributed by atoms with Crippen LogP contribution in [-0.4, -0.2) is 11.9 Å². The fraction of sp³-hybridized carbons (Fsp3) is 0.267.